The Balaban J connectivity index is 1.89. The minimum atomic E-state index is -0.0334. The van der Waals surface area contributed by atoms with Crippen LogP contribution in [-0.2, 0) is 4.79 Å². The molecular weight excluding hydrogens is 252 g/mol. The third-order valence-corrected chi connectivity index (χ3v) is 3.68. The third-order valence-electron chi connectivity index (χ3n) is 3.68. The molecule has 2 N–H and O–H groups in total. The molecule has 1 heterocycles. The quantitative estimate of drug-likeness (QED) is 0.868. The van der Waals surface area contributed by atoms with Gasteiger partial charge in [0.15, 0.2) is 0 Å². The fourth-order valence-corrected chi connectivity index (χ4v) is 2.49. The average molecular weight is 276 g/mol. The van der Waals surface area contributed by atoms with E-state index in [9.17, 15) is 4.79 Å². The molecule has 4 heteroatoms. The van der Waals surface area contributed by atoms with Crippen molar-refractivity contribution < 1.29 is 9.53 Å². The highest BCUT2D eigenvalue weighted by atomic mass is 16.5. The highest BCUT2D eigenvalue weighted by Crippen LogP contribution is 2.18. The maximum Gasteiger partial charge on any atom is 0.237 e. The SMILES string of the molecule is CCOc1ccc(C(C)NC(=O)[C@@H]2CCCCN2)cc1. The molecule has 1 saturated heterocycles. The summed E-state index contributed by atoms with van der Waals surface area (Å²) in [6.45, 7) is 5.58. The zero-order chi connectivity index (χ0) is 14.4. The molecule has 1 amide bonds. The van der Waals surface area contributed by atoms with E-state index in [1.165, 1.54) is 0 Å². The van der Waals surface area contributed by atoms with Gasteiger partial charge in [-0.2, -0.15) is 0 Å². The summed E-state index contributed by atoms with van der Waals surface area (Å²) in [5, 5.41) is 6.34. The summed E-state index contributed by atoms with van der Waals surface area (Å²) in [4.78, 5) is 12.2. The minimum absolute atomic E-state index is 0.0157. The van der Waals surface area contributed by atoms with E-state index in [-0.39, 0.29) is 18.0 Å². The molecule has 0 spiro atoms. The Morgan fingerprint density at radius 3 is 2.75 bits per heavy atom. The van der Waals surface area contributed by atoms with Gasteiger partial charge in [-0.1, -0.05) is 18.6 Å². The lowest BCUT2D eigenvalue weighted by atomic mass is 10.0. The van der Waals surface area contributed by atoms with Gasteiger partial charge in [0.25, 0.3) is 0 Å². The normalized spacial score (nSPS) is 20.2. The molecule has 0 radical (unpaired) electrons. The monoisotopic (exact) mass is 276 g/mol. The first-order valence-electron chi connectivity index (χ1n) is 7.47. The van der Waals surface area contributed by atoms with Crippen LogP contribution in [0.2, 0.25) is 0 Å². The Morgan fingerprint density at radius 1 is 1.40 bits per heavy atom. The van der Waals surface area contributed by atoms with Gasteiger partial charge in [-0.3, -0.25) is 4.79 Å². The largest absolute Gasteiger partial charge is 0.494 e. The second-order valence-electron chi connectivity index (χ2n) is 5.23. The number of nitrogens with one attached hydrogen (secondary N) is 2. The maximum atomic E-state index is 12.2. The van der Waals surface area contributed by atoms with Gasteiger partial charge in [-0.25, -0.2) is 0 Å². The van der Waals surface area contributed by atoms with E-state index >= 15 is 0 Å². The van der Waals surface area contributed by atoms with Gasteiger partial charge in [-0.15, -0.1) is 0 Å². The number of hydrogen-bond donors (Lipinski definition) is 2. The van der Waals surface area contributed by atoms with E-state index in [1.54, 1.807) is 0 Å². The van der Waals surface area contributed by atoms with Gasteiger partial charge < -0.3 is 15.4 Å². The predicted molar refractivity (Wildman–Crippen MR) is 79.8 cm³/mol. The molecule has 20 heavy (non-hydrogen) atoms. The number of benzene rings is 1. The summed E-state index contributed by atoms with van der Waals surface area (Å²) in [5.74, 6) is 0.967. The first-order chi connectivity index (χ1) is 9.70. The Kier molecular flexibility index (Phi) is 5.41. The summed E-state index contributed by atoms with van der Waals surface area (Å²) in [7, 11) is 0. The molecule has 0 aromatic heterocycles. The van der Waals surface area contributed by atoms with Gasteiger partial charge >= 0.3 is 0 Å². The molecule has 110 valence electrons. The van der Waals surface area contributed by atoms with Gasteiger partial charge in [-0.05, 0) is 50.9 Å². The van der Waals surface area contributed by atoms with Crippen molar-refractivity contribution in [2.75, 3.05) is 13.2 Å². The van der Waals surface area contributed by atoms with E-state index in [4.69, 9.17) is 4.74 Å². The molecule has 1 aliphatic rings. The lowest BCUT2D eigenvalue weighted by Gasteiger charge is -2.24. The van der Waals surface area contributed by atoms with Crippen molar-refractivity contribution in [3.63, 3.8) is 0 Å². The number of rotatable bonds is 5. The molecule has 1 aromatic carbocycles. The average Bonchev–Trinajstić information content (AvgIpc) is 2.49. The van der Waals surface area contributed by atoms with Crippen LogP contribution >= 0.6 is 0 Å². The van der Waals surface area contributed by atoms with Crippen LogP contribution in [-0.4, -0.2) is 25.1 Å². The summed E-state index contributed by atoms with van der Waals surface area (Å²) in [5.41, 5.74) is 1.10. The molecule has 2 atom stereocenters. The first-order valence-corrected chi connectivity index (χ1v) is 7.47. The highest BCUT2D eigenvalue weighted by molar-refractivity contribution is 5.82. The van der Waals surface area contributed by atoms with Gasteiger partial charge in [0.05, 0.1) is 18.7 Å². The number of piperidine rings is 1. The molecule has 1 aromatic rings. The topological polar surface area (TPSA) is 50.4 Å². The second-order valence-corrected chi connectivity index (χ2v) is 5.23. The summed E-state index contributed by atoms with van der Waals surface area (Å²) in [6, 6.07) is 7.88. The number of hydrogen-bond acceptors (Lipinski definition) is 3. The van der Waals surface area contributed by atoms with Gasteiger partial charge in [0.1, 0.15) is 5.75 Å². The van der Waals surface area contributed by atoms with Gasteiger partial charge in [0.2, 0.25) is 5.91 Å². The maximum absolute atomic E-state index is 12.2. The fraction of sp³-hybridized carbons (Fsp3) is 0.562. The standard InChI is InChI=1S/C16H24N2O2/c1-3-20-14-9-7-13(8-10-14)12(2)18-16(19)15-6-4-5-11-17-15/h7-10,12,15,17H,3-6,11H2,1-2H3,(H,18,19)/t12?,15-/m0/s1. The molecule has 4 nitrogen and oxygen atoms in total. The number of carbonyl (C=O) groups excluding carboxylic acids is 1. The van der Waals surface area contributed by atoms with Crippen molar-refractivity contribution in [2.45, 2.75) is 45.2 Å². The Labute approximate surface area is 120 Å². The first kappa shape index (κ1) is 14.9. The molecule has 0 bridgehead atoms. The Bertz CT molecular complexity index is 425. The molecular formula is C16H24N2O2. The van der Waals surface area contributed by atoms with Crippen molar-refractivity contribution in [1.82, 2.24) is 10.6 Å². The zero-order valence-corrected chi connectivity index (χ0v) is 12.3. The van der Waals surface area contributed by atoms with Crippen molar-refractivity contribution in [1.29, 1.82) is 0 Å². The lowest BCUT2D eigenvalue weighted by molar-refractivity contribution is -0.124. The van der Waals surface area contributed by atoms with Crippen LogP contribution in [0.3, 0.4) is 0 Å². The van der Waals surface area contributed by atoms with Crippen molar-refractivity contribution in [2.24, 2.45) is 0 Å². The third kappa shape index (κ3) is 3.97. The van der Waals surface area contributed by atoms with Crippen LogP contribution in [0.4, 0.5) is 0 Å². The van der Waals surface area contributed by atoms with E-state index in [2.05, 4.69) is 10.6 Å². The summed E-state index contributed by atoms with van der Waals surface area (Å²) in [6.07, 6.45) is 3.22. The van der Waals surface area contributed by atoms with Crippen molar-refractivity contribution in [3.8, 4) is 5.75 Å². The lowest BCUT2D eigenvalue weighted by Crippen LogP contribution is -2.47. The zero-order valence-electron chi connectivity index (χ0n) is 12.3. The summed E-state index contributed by atoms with van der Waals surface area (Å²) >= 11 is 0. The van der Waals surface area contributed by atoms with E-state index in [0.29, 0.717) is 6.61 Å². The molecule has 0 saturated carbocycles. The smallest absolute Gasteiger partial charge is 0.237 e. The van der Waals surface area contributed by atoms with Crippen LogP contribution in [0.1, 0.15) is 44.7 Å². The van der Waals surface area contributed by atoms with Crippen LogP contribution in [0, 0.1) is 0 Å². The Hall–Kier alpha value is -1.55. The fourth-order valence-electron chi connectivity index (χ4n) is 2.49. The molecule has 2 rings (SSSR count). The van der Waals surface area contributed by atoms with Crippen LogP contribution in [0.5, 0.6) is 5.75 Å². The van der Waals surface area contributed by atoms with Gasteiger partial charge in [0, 0.05) is 0 Å². The van der Waals surface area contributed by atoms with Crippen LogP contribution < -0.4 is 15.4 Å². The molecule has 1 aliphatic heterocycles. The minimum Gasteiger partial charge on any atom is -0.494 e. The van der Waals surface area contributed by atoms with Crippen LogP contribution in [0.25, 0.3) is 0 Å². The number of carbonyl (C=O) groups is 1. The molecule has 1 fully saturated rings. The van der Waals surface area contributed by atoms with E-state index in [1.807, 2.05) is 38.1 Å². The van der Waals surface area contributed by atoms with E-state index < -0.39 is 0 Å². The number of ether oxygens (including phenoxy) is 1. The molecule has 0 aliphatic carbocycles. The Morgan fingerprint density at radius 2 is 2.15 bits per heavy atom. The van der Waals surface area contributed by atoms with E-state index in [0.717, 1.165) is 37.1 Å². The predicted octanol–water partition coefficient (Wildman–Crippen LogP) is 2.40. The highest BCUT2D eigenvalue weighted by Gasteiger charge is 2.21. The number of amides is 1. The molecule has 1 unspecified atom stereocenters. The van der Waals surface area contributed by atoms with Crippen molar-refractivity contribution >= 4 is 5.91 Å². The second kappa shape index (κ2) is 7.29. The van der Waals surface area contributed by atoms with Crippen LogP contribution in [0.15, 0.2) is 24.3 Å². The van der Waals surface area contributed by atoms with Crippen molar-refractivity contribution in [3.05, 3.63) is 29.8 Å². The summed E-state index contributed by atoms with van der Waals surface area (Å²) < 4.78 is 5.42.